The van der Waals surface area contributed by atoms with Gasteiger partial charge in [0.05, 0.1) is 0 Å². The molecule has 0 spiro atoms. The Balaban J connectivity index is 2.98. The van der Waals surface area contributed by atoms with Crippen LogP contribution in [0.1, 0.15) is 13.8 Å². The lowest BCUT2D eigenvalue weighted by molar-refractivity contribution is -0.138. The van der Waals surface area contributed by atoms with Crippen LogP contribution in [0.15, 0.2) is 29.2 Å². The fourth-order valence-corrected chi connectivity index (χ4v) is 3.08. The molecule has 0 aliphatic carbocycles. The van der Waals surface area contributed by atoms with E-state index in [0.29, 0.717) is 0 Å². The molecule has 0 fully saturated rings. The quantitative estimate of drug-likeness (QED) is 0.666. The van der Waals surface area contributed by atoms with Gasteiger partial charge >= 0.3 is 5.97 Å². The average Bonchev–Trinajstić information content (AvgIpc) is 2.42. The number of carbonyl (C=O) groups excluding carboxylic acids is 1. The predicted molar refractivity (Wildman–Crippen MR) is 76.0 cm³/mol. The number of amides is 1. The van der Waals surface area contributed by atoms with Crippen molar-refractivity contribution in [2.45, 2.75) is 24.8 Å². The number of rotatable bonds is 7. The number of nitrogens with one attached hydrogen (secondary N) is 2. The highest BCUT2D eigenvalue weighted by Gasteiger charge is 2.29. The summed E-state index contributed by atoms with van der Waals surface area (Å²) in [5, 5.41) is 10.6. The van der Waals surface area contributed by atoms with Crippen molar-refractivity contribution in [1.82, 2.24) is 10.0 Å². The van der Waals surface area contributed by atoms with Gasteiger partial charge in [-0.15, -0.1) is 0 Å². The van der Waals surface area contributed by atoms with Crippen molar-refractivity contribution in [2.24, 2.45) is 5.92 Å². The van der Waals surface area contributed by atoms with Gasteiger partial charge in [0.2, 0.25) is 15.9 Å². The maximum absolute atomic E-state index is 13.6. The van der Waals surface area contributed by atoms with Crippen LogP contribution in [0.4, 0.5) is 4.39 Å². The van der Waals surface area contributed by atoms with Crippen LogP contribution < -0.4 is 10.0 Å². The molecule has 0 heterocycles. The Labute approximate surface area is 127 Å². The summed E-state index contributed by atoms with van der Waals surface area (Å²) in [5.41, 5.74) is 0. The van der Waals surface area contributed by atoms with Crippen molar-refractivity contribution in [3.8, 4) is 0 Å². The van der Waals surface area contributed by atoms with Crippen LogP contribution in [0.25, 0.3) is 0 Å². The molecule has 0 bridgehead atoms. The summed E-state index contributed by atoms with van der Waals surface area (Å²) < 4.78 is 40.0. The first-order chi connectivity index (χ1) is 10.1. The van der Waals surface area contributed by atoms with Gasteiger partial charge in [0.25, 0.3) is 0 Å². The molecule has 0 saturated heterocycles. The van der Waals surface area contributed by atoms with Crippen molar-refractivity contribution in [3.63, 3.8) is 0 Å². The molecule has 9 heteroatoms. The Morgan fingerprint density at radius 1 is 1.27 bits per heavy atom. The molecule has 122 valence electrons. The molecule has 0 radical (unpaired) electrons. The summed E-state index contributed by atoms with van der Waals surface area (Å²) in [4.78, 5) is 21.8. The summed E-state index contributed by atoms with van der Waals surface area (Å²) >= 11 is 0. The first-order valence-corrected chi connectivity index (χ1v) is 7.90. The Hall–Kier alpha value is -2.00. The number of aliphatic carboxylic acids is 1. The van der Waals surface area contributed by atoms with Gasteiger partial charge < -0.3 is 10.4 Å². The van der Waals surface area contributed by atoms with E-state index in [1.165, 1.54) is 12.1 Å². The monoisotopic (exact) mass is 332 g/mol. The fourth-order valence-electron chi connectivity index (χ4n) is 1.66. The van der Waals surface area contributed by atoms with Gasteiger partial charge in [-0.3, -0.25) is 9.59 Å². The molecule has 1 aromatic rings. The predicted octanol–water partition coefficient (Wildman–Crippen LogP) is 0.329. The molecule has 1 amide bonds. The lowest BCUT2D eigenvalue weighted by Gasteiger charge is -2.21. The minimum absolute atomic E-state index is 0.463. The zero-order valence-electron chi connectivity index (χ0n) is 12.0. The summed E-state index contributed by atoms with van der Waals surface area (Å²) in [6.45, 7) is 2.52. The van der Waals surface area contributed by atoms with Crippen LogP contribution in [0.3, 0.4) is 0 Å². The minimum Gasteiger partial charge on any atom is -0.480 e. The SMILES string of the molecule is CC(C)C(NS(=O)(=O)c1ccccc1F)C(=O)NCC(=O)O. The molecule has 0 aromatic heterocycles. The van der Waals surface area contributed by atoms with Crippen LogP contribution in [-0.4, -0.2) is 38.0 Å². The Morgan fingerprint density at radius 3 is 2.36 bits per heavy atom. The van der Waals surface area contributed by atoms with Gasteiger partial charge in [0, 0.05) is 0 Å². The lowest BCUT2D eigenvalue weighted by atomic mass is 10.1. The second kappa shape index (κ2) is 7.32. The third-order valence-electron chi connectivity index (χ3n) is 2.77. The maximum atomic E-state index is 13.6. The second-order valence-corrected chi connectivity index (χ2v) is 6.57. The molecule has 0 saturated carbocycles. The zero-order chi connectivity index (χ0) is 16.9. The molecular weight excluding hydrogens is 315 g/mol. The van der Waals surface area contributed by atoms with E-state index in [-0.39, 0.29) is 0 Å². The first kappa shape index (κ1) is 18.1. The van der Waals surface area contributed by atoms with E-state index in [1.807, 2.05) is 0 Å². The van der Waals surface area contributed by atoms with E-state index in [1.54, 1.807) is 13.8 Å². The van der Waals surface area contributed by atoms with Gasteiger partial charge in [0.15, 0.2) is 0 Å². The highest BCUT2D eigenvalue weighted by atomic mass is 32.2. The molecule has 3 N–H and O–H groups in total. The average molecular weight is 332 g/mol. The lowest BCUT2D eigenvalue weighted by Crippen LogP contribution is -2.50. The van der Waals surface area contributed by atoms with Crippen LogP contribution in [0, 0.1) is 11.7 Å². The number of halogens is 1. The molecule has 1 aromatic carbocycles. The molecule has 1 atom stereocenters. The van der Waals surface area contributed by atoms with Crippen molar-refractivity contribution in [1.29, 1.82) is 0 Å². The van der Waals surface area contributed by atoms with E-state index in [4.69, 9.17) is 5.11 Å². The number of hydrogen-bond acceptors (Lipinski definition) is 4. The summed E-state index contributed by atoms with van der Waals surface area (Å²) in [6, 6.07) is 3.54. The van der Waals surface area contributed by atoms with Gasteiger partial charge in [-0.1, -0.05) is 26.0 Å². The van der Waals surface area contributed by atoms with Crippen molar-refractivity contribution >= 4 is 21.9 Å². The van der Waals surface area contributed by atoms with E-state index in [2.05, 4.69) is 10.0 Å². The van der Waals surface area contributed by atoms with Gasteiger partial charge in [0.1, 0.15) is 23.3 Å². The van der Waals surface area contributed by atoms with Crippen LogP contribution >= 0.6 is 0 Å². The summed E-state index contributed by atoms with van der Waals surface area (Å²) in [5.74, 6) is -3.45. The third kappa shape index (κ3) is 4.78. The first-order valence-electron chi connectivity index (χ1n) is 6.41. The molecule has 0 aliphatic rings. The normalized spacial score (nSPS) is 12.9. The Kier molecular flexibility index (Phi) is 6.01. The van der Waals surface area contributed by atoms with Crippen LogP contribution in [0.5, 0.6) is 0 Å². The fraction of sp³-hybridized carbons (Fsp3) is 0.385. The molecule has 1 unspecified atom stereocenters. The highest BCUT2D eigenvalue weighted by molar-refractivity contribution is 7.89. The summed E-state index contributed by atoms with van der Waals surface area (Å²) in [6.07, 6.45) is 0. The maximum Gasteiger partial charge on any atom is 0.322 e. The Bertz CT molecular complexity index is 660. The summed E-state index contributed by atoms with van der Waals surface area (Å²) in [7, 11) is -4.25. The van der Waals surface area contributed by atoms with E-state index in [9.17, 15) is 22.4 Å². The second-order valence-electron chi connectivity index (χ2n) is 4.88. The largest absolute Gasteiger partial charge is 0.480 e. The van der Waals surface area contributed by atoms with E-state index in [0.717, 1.165) is 12.1 Å². The van der Waals surface area contributed by atoms with Crippen molar-refractivity contribution in [3.05, 3.63) is 30.1 Å². The molecule has 22 heavy (non-hydrogen) atoms. The smallest absolute Gasteiger partial charge is 0.322 e. The number of benzene rings is 1. The van der Waals surface area contributed by atoms with E-state index >= 15 is 0 Å². The standard InChI is InChI=1S/C13H17FN2O5S/c1-8(2)12(13(19)15-7-11(17)18)16-22(20,21)10-6-4-3-5-9(10)14/h3-6,8,12,16H,7H2,1-2H3,(H,15,19)(H,17,18). The van der Waals surface area contributed by atoms with E-state index < -0.39 is 51.1 Å². The number of carboxylic acids is 1. The molecule has 0 aliphatic heterocycles. The highest BCUT2D eigenvalue weighted by Crippen LogP contribution is 2.15. The molecule has 1 rings (SSSR count). The third-order valence-corrected chi connectivity index (χ3v) is 4.25. The zero-order valence-corrected chi connectivity index (χ0v) is 12.9. The minimum atomic E-state index is -4.25. The number of sulfonamides is 1. The van der Waals surface area contributed by atoms with Crippen LogP contribution in [-0.2, 0) is 19.6 Å². The van der Waals surface area contributed by atoms with Gasteiger partial charge in [-0.05, 0) is 18.1 Å². The number of carboxylic acid groups (broad SMARTS) is 1. The molecular formula is C13H17FN2O5S. The van der Waals surface area contributed by atoms with Crippen molar-refractivity contribution < 1.29 is 27.5 Å². The molecule has 7 nitrogen and oxygen atoms in total. The van der Waals surface area contributed by atoms with Crippen molar-refractivity contribution in [2.75, 3.05) is 6.54 Å². The topological polar surface area (TPSA) is 113 Å². The van der Waals surface area contributed by atoms with Gasteiger partial charge in [-0.25, -0.2) is 12.8 Å². The Morgan fingerprint density at radius 2 is 1.86 bits per heavy atom. The number of hydrogen-bond donors (Lipinski definition) is 3. The van der Waals surface area contributed by atoms with Crippen LogP contribution in [0.2, 0.25) is 0 Å². The van der Waals surface area contributed by atoms with Gasteiger partial charge in [-0.2, -0.15) is 4.72 Å². The number of carbonyl (C=O) groups is 2.